The zero-order valence-corrected chi connectivity index (χ0v) is 23.1. The number of piperidine rings is 1. The van der Waals surface area contributed by atoms with E-state index in [-0.39, 0.29) is 11.5 Å². The molecule has 0 spiro atoms. The van der Waals surface area contributed by atoms with Crippen molar-refractivity contribution in [3.05, 3.63) is 81.0 Å². The van der Waals surface area contributed by atoms with Crippen LogP contribution in [0, 0.1) is 5.92 Å². The van der Waals surface area contributed by atoms with Gasteiger partial charge in [0.15, 0.2) is 0 Å². The number of anilines is 1. The van der Waals surface area contributed by atoms with Crippen LogP contribution in [0.2, 0.25) is 0 Å². The fourth-order valence-corrected chi connectivity index (χ4v) is 6.63. The van der Waals surface area contributed by atoms with E-state index in [0.29, 0.717) is 33.8 Å². The molecule has 0 bridgehead atoms. The maximum Gasteiger partial charge on any atom is 0.266 e. The number of aromatic nitrogens is 1. The Kier molecular flexibility index (Phi) is 7.81. The van der Waals surface area contributed by atoms with Gasteiger partial charge in [-0.2, -0.15) is 0 Å². The third-order valence-electron chi connectivity index (χ3n) is 7.44. The Bertz CT molecular complexity index is 1410. The van der Waals surface area contributed by atoms with E-state index in [2.05, 4.69) is 30.0 Å². The van der Waals surface area contributed by atoms with Crippen molar-refractivity contribution in [2.45, 2.75) is 46.1 Å². The first-order chi connectivity index (χ1) is 18.0. The van der Waals surface area contributed by atoms with E-state index < -0.39 is 0 Å². The topological polar surface area (TPSA) is 45.6 Å². The molecule has 1 amide bonds. The first kappa shape index (κ1) is 25.7. The minimum atomic E-state index is -0.100. The SMILES string of the molecule is CCn1c(=O)c(C=C2SC(=S)N(CCCc3ccccc3)C2=O)c(N2CCC(C)CC2)c2ccccc21. The molecule has 3 aromatic rings. The molecule has 1 aromatic heterocycles. The van der Waals surface area contributed by atoms with Gasteiger partial charge >= 0.3 is 0 Å². The predicted octanol–water partition coefficient (Wildman–Crippen LogP) is 6.09. The molecule has 2 aromatic carbocycles. The Morgan fingerprint density at radius 2 is 1.73 bits per heavy atom. The number of benzene rings is 2. The van der Waals surface area contributed by atoms with Crippen molar-refractivity contribution in [2.24, 2.45) is 5.92 Å². The summed E-state index contributed by atoms with van der Waals surface area (Å²) in [6, 6.07) is 18.4. The number of nitrogens with zero attached hydrogens (tertiary/aromatic N) is 3. The lowest BCUT2D eigenvalue weighted by atomic mass is 9.97. The molecule has 0 radical (unpaired) electrons. The second-order valence-electron chi connectivity index (χ2n) is 9.92. The summed E-state index contributed by atoms with van der Waals surface area (Å²) >= 11 is 6.91. The Morgan fingerprint density at radius 1 is 1.03 bits per heavy atom. The van der Waals surface area contributed by atoms with Gasteiger partial charge in [-0.05, 0) is 56.2 Å². The molecule has 0 N–H and O–H groups in total. The number of carbonyl (C=O) groups is 1. The van der Waals surface area contributed by atoms with Crippen molar-refractivity contribution in [3.63, 3.8) is 0 Å². The lowest BCUT2D eigenvalue weighted by Crippen LogP contribution is -2.36. The fraction of sp³-hybridized carbons (Fsp3) is 0.367. The van der Waals surface area contributed by atoms with Crippen LogP contribution in [0.3, 0.4) is 0 Å². The second kappa shape index (κ2) is 11.2. The van der Waals surface area contributed by atoms with Crippen LogP contribution in [0.25, 0.3) is 17.0 Å². The highest BCUT2D eigenvalue weighted by Crippen LogP contribution is 2.37. The number of para-hydroxylation sites is 1. The summed E-state index contributed by atoms with van der Waals surface area (Å²) in [6.07, 6.45) is 5.72. The lowest BCUT2D eigenvalue weighted by Gasteiger charge is -2.34. The molecule has 0 unspecified atom stereocenters. The highest BCUT2D eigenvalue weighted by Gasteiger charge is 2.33. The van der Waals surface area contributed by atoms with Crippen molar-refractivity contribution >= 4 is 56.9 Å². The third kappa shape index (κ3) is 5.25. The van der Waals surface area contributed by atoms with Gasteiger partial charge < -0.3 is 9.47 Å². The molecule has 5 nitrogen and oxygen atoms in total. The minimum Gasteiger partial charge on any atom is -0.370 e. The number of hydrogen-bond donors (Lipinski definition) is 0. The van der Waals surface area contributed by atoms with Crippen LogP contribution in [0.4, 0.5) is 5.69 Å². The van der Waals surface area contributed by atoms with Crippen LogP contribution in [0.5, 0.6) is 0 Å². The summed E-state index contributed by atoms with van der Waals surface area (Å²) in [7, 11) is 0. The maximum absolute atomic E-state index is 13.9. The predicted molar refractivity (Wildman–Crippen MR) is 159 cm³/mol. The summed E-state index contributed by atoms with van der Waals surface area (Å²) in [6.45, 7) is 7.23. The van der Waals surface area contributed by atoms with Crippen molar-refractivity contribution in [3.8, 4) is 0 Å². The van der Waals surface area contributed by atoms with Crippen molar-refractivity contribution in [2.75, 3.05) is 24.5 Å². The highest BCUT2D eigenvalue weighted by atomic mass is 32.2. The van der Waals surface area contributed by atoms with E-state index in [9.17, 15) is 9.59 Å². The van der Waals surface area contributed by atoms with Gasteiger partial charge in [0.25, 0.3) is 11.5 Å². The van der Waals surface area contributed by atoms with Crippen molar-refractivity contribution < 1.29 is 4.79 Å². The number of carbonyl (C=O) groups excluding carboxylic acids is 1. The standard InChI is InChI=1S/C30H33N3O2S2/c1-3-32-25-14-8-7-13-23(25)27(31-18-15-21(2)16-19-31)24(28(32)34)20-26-29(35)33(30(36)37-26)17-9-12-22-10-5-4-6-11-22/h4-8,10-11,13-14,20-21H,3,9,12,15-19H2,1-2H3. The molecule has 192 valence electrons. The first-order valence-electron chi connectivity index (χ1n) is 13.2. The summed E-state index contributed by atoms with van der Waals surface area (Å²) in [5, 5.41) is 1.06. The molecule has 0 aliphatic carbocycles. The van der Waals surface area contributed by atoms with Crippen LogP contribution in [-0.2, 0) is 17.8 Å². The summed E-state index contributed by atoms with van der Waals surface area (Å²) < 4.78 is 2.38. The molecule has 7 heteroatoms. The van der Waals surface area contributed by atoms with Crippen molar-refractivity contribution in [1.29, 1.82) is 0 Å². The third-order valence-corrected chi connectivity index (χ3v) is 8.81. The van der Waals surface area contributed by atoms with Gasteiger partial charge in [-0.25, -0.2) is 0 Å². The summed E-state index contributed by atoms with van der Waals surface area (Å²) in [5.74, 6) is 0.575. The van der Waals surface area contributed by atoms with E-state index in [0.717, 1.165) is 55.4 Å². The van der Waals surface area contributed by atoms with E-state index in [1.807, 2.05) is 54.0 Å². The quantitative estimate of drug-likeness (QED) is 0.273. The van der Waals surface area contributed by atoms with Crippen LogP contribution < -0.4 is 10.5 Å². The number of fused-ring (bicyclic) bond motifs is 1. The van der Waals surface area contributed by atoms with E-state index in [1.165, 1.54) is 17.3 Å². The Labute approximate surface area is 228 Å². The van der Waals surface area contributed by atoms with Gasteiger partial charge in [-0.1, -0.05) is 79.4 Å². The molecule has 0 saturated carbocycles. The normalized spacial score (nSPS) is 17.9. The van der Waals surface area contributed by atoms with Crippen LogP contribution in [-0.4, -0.2) is 39.3 Å². The largest absolute Gasteiger partial charge is 0.370 e. The van der Waals surface area contributed by atoms with Gasteiger partial charge in [0.1, 0.15) is 4.32 Å². The van der Waals surface area contributed by atoms with Crippen LogP contribution in [0.1, 0.15) is 44.2 Å². The monoisotopic (exact) mass is 531 g/mol. The number of amides is 1. The molecular formula is C30H33N3O2S2. The first-order valence-corrected chi connectivity index (χ1v) is 14.4. The Hall–Kier alpha value is -2.90. The fourth-order valence-electron chi connectivity index (χ4n) is 5.34. The molecule has 2 aliphatic heterocycles. The van der Waals surface area contributed by atoms with Crippen LogP contribution >= 0.6 is 24.0 Å². The molecular weight excluding hydrogens is 498 g/mol. The zero-order valence-electron chi connectivity index (χ0n) is 21.5. The number of hydrogen-bond acceptors (Lipinski definition) is 5. The Balaban J connectivity index is 1.50. The van der Waals surface area contributed by atoms with E-state index >= 15 is 0 Å². The highest BCUT2D eigenvalue weighted by molar-refractivity contribution is 8.26. The van der Waals surface area contributed by atoms with Gasteiger partial charge in [0.2, 0.25) is 0 Å². The van der Waals surface area contributed by atoms with E-state index in [4.69, 9.17) is 12.2 Å². The average Bonchev–Trinajstić information content (AvgIpc) is 3.18. The average molecular weight is 532 g/mol. The molecule has 0 atom stereocenters. The number of aryl methyl sites for hydroxylation is 2. The zero-order chi connectivity index (χ0) is 25.9. The summed E-state index contributed by atoms with van der Waals surface area (Å²) in [4.78, 5) is 31.9. The molecule has 3 heterocycles. The molecule has 2 aliphatic rings. The number of thiocarbonyl (C=S) groups is 1. The number of pyridine rings is 1. The van der Waals surface area contributed by atoms with Gasteiger partial charge in [-0.15, -0.1) is 0 Å². The van der Waals surface area contributed by atoms with Crippen molar-refractivity contribution in [1.82, 2.24) is 9.47 Å². The maximum atomic E-state index is 13.9. The number of thioether (sulfide) groups is 1. The van der Waals surface area contributed by atoms with Gasteiger partial charge in [0, 0.05) is 31.6 Å². The smallest absolute Gasteiger partial charge is 0.266 e. The summed E-state index contributed by atoms with van der Waals surface area (Å²) in [5.41, 5.74) is 3.69. The molecule has 37 heavy (non-hydrogen) atoms. The lowest BCUT2D eigenvalue weighted by molar-refractivity contribution is -0.122. The second-order valence-corrected chi connectivity index (χ2v) is 11.6. The molecule has 5 rings (SSSR count). The van der Waals surface area contributed by atoms with Gasteiger partial charge in [0.05, 0.1) is 21.7 Å². The van der Waals surface area contributed by atoms with Gasteiger partial charge in [-0.3, -0.25) is 14.5 Å². The Morgan fingerprint density at radius 3 is 2.46 bits per heavy atom. The van der Waals surface area contributed by atoms with Crippen LogP contribution in [0.15, 0.2) is 64.3 Å². The minimum absolute atomic E-state index is 0.0517. The van der Waals surface area contributed by atoms with E-state index in [1.54, 1.807) is 4.90 Å². The molecule has 2 fully saturated rings. The number of rotatable bonds is 7. The molecule has 2 saturated heterocycles.